The van der Waals surface area contributed by atoms with Gasteiger partial charge in [0.2, 0.25) is 5.91 Å². The first-order chi connectivity index (χ1) is 11.0. The third-order valence-corrected chi connectivity index (χ3v) is 3.28. The minimum atomic E-state index is -0.536. The average molecular weight is 314 g/mol. The molecule has 2 aromatic carbocycles. The van der Waals surface area contributed by atoms with Crippen molar-refractivity contribution in [2.45, 2.75) is 6.92 Å². The van der Waals surface area contributed by atoms with Gasteiger partial charge < -0.3 is 20.5 Å². The first-order valence-electron chi connectivity index (χ1n) is 6.97. The maximum Gasteiger partial charge on any atom is 0.262 e. The molecule has 0 bridgehead atoms. The summed E-state index contributed by atoms with van der Waals surface area (Å²) in [4.78, 5) is 23.3. The van der Waals surface area contributed by atoms with Gasteiger partial charge in [0, 0.05) is 17.3 Å². The highest BCUT2D eigenvalue weighted by Gasteiger charge is 2.11. The van der Waals surface area contributed by atoms with Crippen molar-refractivity contribution < 1.29 is 19.1 Å². The molecule has 0 saturated heterocycles. The molecule has 120 valence electrons. The molecule has 0 radical (unpaired) electrons. The van der Waals surface area contributed by atoms with Gasteiger partial charge in [-0.05, 0) is 36.8 Å². The molecule has 0 aliphatic heterocycles. The van der Waals surface area contributed by atoms with Crippen LogP contribution in [0, 0.1) is 6.92 Å². The summed E-state index contributed by atoms with van der Waals surface area (Å²) in [7, 11) is 1.56. The third-order valence-electron chi connectivity index (χ3n) is 3.28. The molecule has 23 heavy (non-hydrogen) atoms. The monoisotopic (exact) mass is 314 g/mol. The lowest BCUT2D eigenvalue weighted by atomic mass is 10.1. The van der Waals surface area contributed by atoms with Crippen LogP contribution in [-0.4, -0.2) is 25.5 Å². The Morgan fingerprint density at radius 2 is 1.83 bits per heavy atom. The van der Waals surface area contributed by atoms with E-state index in [1.807, 2.05) is 0 Å². The number of ether oxygens (including phenoxy) is 2. The second kappa shape index (κ2) is 7.31. The van der Waals surface area contributed by atoms with E-state index >= 15 is 0 Å². The first kappa shape index (κ1) is 16.4. The number of carbonyl (C=O) groups is 2. The molecular formula is C17H18N2O4. The quantitative estimate of drug-likeness (QED) is 0.854. The van der Waals surface area contributed by atoms with Crippen molar-refractivity contribution in [1.29, 1.82) is 0 Å². The van der Waals surface area contributed by atoms with Crippen molar-refractivity contribution in [2.24, 2.45) is 5.73 Å². The molecule has 0 aliphatic carbocycles. The summed E-state index contributed by atoms with van der Waals surface area (Å²) in [6, 6.07) is 11.9. The highest BCUT2D eigenvalue weighted by Crippen LogP contribution is 2.20. The zero-order valence-corrected chi connectivity index (χ0v) is 13.0. The van der Waals surface area contributed by atoms with Gasteiger partial charge in [-0.2, -0.15) is 0 Å². The van der Waals surface area contributed by atoms with E-state index in [0.29, 0.717) is 28.3 Å². The highest BCUT2D eigenvalue weighted by atomic mass is 16.5. The molecule has 2 aromatic rings. The summed E-state index contributed by atoms with van der Waals surface area (Å²) in [6.45, 7) is 1.56. The van der Waals surface area contributed by atoms with Gasteiger partial charge in [-0.25, -0.2) is 0 Å². The van der Waals surface area contributed by atoms with Crippen molar-refractivity contribution >= 4 is 17.5 Å². The number of amides is 2. The molecule has 3 N–H and O–H groups in total. The van der Waals surface area contributed by atoms with Gasteiger partial charge in [0.15, 0.2) is 6.61 Å². The van der Waals surface area contributed by atoms with Crippen LogP contribution in [0.15, 0.2) is 42.5 Å². The normalized spacial score (nSPS) is 10.0. The van der Waals surface area contributed by atoms with Crippen LogP contribution in [-0.2, 0) is 4.79 Å². The van der Waals surface area contributed by atoms with E-state index in [1.54, 1.807) is 56.5 Å². The molecule has 0 spiro atoms. The highest BCUT2D eigenvalue weighted by molar-refractivity contribution is 5.98. The maximum atomic E-state index is 12.0. The summed E-state index contributed by atoms with van der Waals surface area (Å²) >= 11 is 0. The fourth-order valence-electron chi connectivity index (χ4n) is 2.06. The number of nitrogens with two attached hydrogens (primary N) is 1. The zero-order chi connectivity index (χ0) is 16.8. The van der Waals surface area contributed by atoms with Gasteiger partial charge in [-0.1, -0.05) is 12.1 Å². The number of anilines is 1. The average Bonchev–Trinajstić information content (AvgIpc) is 2.55. The molecule has 0 unspecified atom stereocenters. The fraction of sp³-hybridized carbons (Fsp3) is 0.176. The maximum absolute atomic E-state index is 12.0. The van der Waals surface area contributed by atoms with Gasteiger partial charge in [-0.3, -0.25) is 9.59 Å². The van der Waals surface area contributed by atoms with Crippen molar-refractivity contribution in [2.75, 3.05) is 19.0 Å². The van der Waals surface area contributed by atoms with Gasteiger partial charge >= 0.3 is 0 Å². The first-order valence-corrected chi connectivity index (χ1v) is 6.97. The minimum Gasteiger partial charge on any atom is -0.497 e. The van der Waals surface area contributed by atoms with Crippen molar-refractivity contribution in [1.82, 2.24) is 0 Å². The van der Waals surface area contributed by atoms with E-state index < -0.39 is 5.91 Å². The molecule has 0 aliphatic rings. The molecule has 0 atom stereocenters. The number of hydrogen-bond acceptors (Lipinski definition) is 4. The molecule has 0 heterocycles. The Morgan fingerprint density at radius 3 is 2.52 bits per heavy atom. The van der Waals surface area contributed by atoms with Crippen LogP contribution >= 0.6 is 0 Å². The Hall–Kier alpha value is -3.02. The summed E-state index contributed by atoms with van der Waals surface area (Å²) in [6.07, 6.45) is 0. The van der Waals surface area contributed by atoms with Crippen LogP contribution in [0.2, 0.25) is 0 Å². The fourth-order valence-corrected chi connectivity index (χ4v) is 2.06. The molecule has 0 aromatic heterocycles. The smallest absolute Gasteiger partial charge is 0.262 e. The standard InChI is InChI=1S/C17H18N2O4/c1-11-14(17(18)21)7-4-8-15(11)19-16(20)10-23-13-6-3-5-12(9-13)22-2/h3-9H,10H2,1-2H3,(H2,18,21)(H,19,20). The number of primary amides is 1. The second-order valence-corrected chi connectivity index (χ2v) is 4.86. The molecule has 0 fully saturated rings. The molecule has 2 amide bonds. The largest absolute Gasteiger partial charge is 0.497 e. The van der Waals surface area contributed by atoms with Crippen LogP contribution in [0.25, 0.3) is 0 Å². The number of hydrogen-bond donors (Lipinski definition) is 2. The van der Waals surface area contributed by atoms with Gasteiger partial charge in [0.1, 0.15) is 11.5 Å². The number of rotatable bonds is 6. The van der Waals surface area contributed by atoms with E-state index in [4.69, 9.17) is 15.2 Å². The number of carbonyl (C=O) groups excluding carboxylic acids is 2. The van der Waals surface area contributed by atoms with E-state index in [0.717, 1.165) is 0 Å². The van der Waals surface area contributed by atoms with Crippen molar-refractivity contribution in [3.63, 3.8) is 0 Å². The number of methoxy groups -OCH3 is 1. The Labute approximate surface area is 134 Å². The van der Waals surface area contributed by atoms with Crippen LogP contribution in [0.5, 0.6) is 11.5 Å². The van der Waals surface area contributed by atoms with Gasteiger partial charge in [-0.15, -0.1) is 0 Å². The Morgan fingerprint density at radius 1 is 1.13 bits per heavy atom. The summed E-state index contributed by atoms with van der Waals surface area (Å²) in [5.41, 5.74) is 6.81. The second-order valence-electron chi connectivity index (χ2n) is 4.86. The van der Waals surface area contributed by atoms with Crippen molar-refractivity contribution in [3.05, 3.63) is 53.6 Å². The Bertz CT molecular complexity index is 728. The zero-order valence-electron chi connectivity index (χ0n) is 13.0. The molecule has 0 saturated carbocycles. The third kappa shape index (κ3) is 4.23. The Kier molecular flexibility index (Phi) is 5.19. The van der Waals surface area contributed by atoms with E-state index in [-0.39, 0.29) is 12.5 Å². The molecule has 2 rings (SSSR count). The van der Waals surface area contributed by atoms with E-state index in [1.165, 1.54) is 0 Å². The predicted octanol–water partition coefficient (Wildman–Crippen LogP) is 2.12. The topological polar surface area (TPSA) is 90.7 Å². The lowest BCUT2D eigenvalue weighted by molar-refractivity contribution is -0.118. The predicted molar refractivity (Wildman–Crippen MR) is 86.8 cm³/mol. The van der Waals surface area contributed by atoms with Crippen LogP contribution in [0.4, 0.5) is 5.69 Å². The molecule has 6 nitrogen and oxygen atoms in total. The van der Waals surface area contributed by atoms with E-state index in [9.17, 15) is 9.59 Å². The van der Waals surface area contributed by atoms with Crippen molar-refractivity contribution in [3.8, 4) is 11.5 Å². The lowest BCUT2D eigenvalue weighted by Gasteiger charge is -2.12. The van der Waals surface area contributed by atoms with Crippen LogP contribution in [0.1, 0.15) is 15.9 Å². The minimum absolute atomic E-state index is 0.159. The molecular weight excluding hydrogens is 296 g/mol. The number of nitrogens with one attached hydrogen (secondary N) is 1. The summed E-state index contributed by atoms with van der Waals surface area (Å²) in [5.74, 6) is 0.304. The summed E-state index contributed by atoms with van der Waals surface area (Å²) < 4.78 is 10.5. The van der Waals surface area contributed by atoms with E-state index in [2.05, 4.69) is 5.32 Å². The van der Waals surface area contributed by atoms with Gasteiger partial charge in [0.05, 0.1) is 7.11 Å². The number of benzene rings is 2. The molecule has 6 heteroatoms. The lowest BCUT2D eigenvalue weighted by Crippen LogP contribution is -2.21. The van der Waals surface area contributed by atoms with Gasteiger partial charge in [0.25, 0.3) is 5.91 Å². The van der Waals surface area contributed by atoms with Crippen LogP contribution < -0.4 is 20.5 Å². The SMILES string of the molecule is COc1cccc(OCC(=O)Nc2cccc(C(N)=O)c2C)c1. The summed E-state index contributed by atoms with van der Waals surface area (Å²) in [5, 5.41) is 2.70. The van der Waals surface area contributed by atoms with Crippen LogP contribution in [0.3, 0.4) is 0 Å². The Balaban J connectivity index is 2.00.